The highest BCUT2D eigenvalue weighted by Crippen LogP contribution is 2.34. The summed E-state index contributed by atoms with van der Waals surface area (Å²) in [6, 6.07) is 11.7. The van der Waals surface area contributed by atoms with E-state index in [0.29, 0.717) is 5.02 Å². The first-order valence-corrected chi connectivity index (χ1v) is 11.0. The van der Waals surface area contributed by atoms with Crippen LogP contribution in [0.4, 0.5) is 5.69 Å². The van der Waals surface area contributed by atoms with Crippen molar-refractivity contribution in [3.05, 3.63) is 41.4 Å². The molecule has 1 aromatic heterocycles. The number of hydrogen-bond acceptors (Lipinski definition) is 4. The summed E-state index contributed by atoms with van der Waals surface area (Å²) in [6.07, 6.45) is 4.49. The third-order valence-corrected chi connectivity index (χ3v) is 5.96. The van der Waals surface area contributed by atoms with Gasteiger partial charge in [0.1, 0.15) is 5.75 Å². The molecule has 0 unspecified atom stereocenters. The summed E-state index contributed by atoms with van der Waals surface area (Å²) >= 11 is 6.20. The third-order valence-electron chi connectivity index (χ3n) is 5.72. The molecule has 30 heavy (non-hydrogen) atoms. The monoisotopic (exact) mass is 425 g/mol. The summed E-state index contributed by atoms with van der Waals surface area (Å²) in [4.78, 5) is 18.6. The molecule has 5 nitrogen and oxygen atoms in total. The Bertz CT molecular complexity index is 1070. The quantitative estimate of drug-likeness (QED) is 0.363. The number of halogens is 1. The Kier molecular flexibility index (Phi) is 6.28. The number of rotatable bonds is 9. The summed E-state index contributed by atoms with van der Waals surface area (Å²) in [5.41, 5.74) is 2.82. The molecule has 0 aliphatic heterocycles. The number of methoxy groups -OCH3 is 1. The summed E-state index contributed by atoms with van der Waals surface area (Å²) in [7, 11) is 1.67. The molecule has 2 aromatic carbocycles. The predicted octanol–water partition coefficient (Wildman–Crippen LogP) is 5.50. The van der Waals surface area contributed by atoms with E-state index in [9.17, 15) is 4.79 Å². The standard InChI is InChI=1S/C24H28ClN3O2/c1-16(29)28(15-17-5-6-17)12-4-3-11-26-24-20-9-7-18(25)13-23(20)27-22-10-8-19(30-2)14-21(22)24/h7-10,13-14,17H,3-6,11-12,15H2,1-2H3,(H,26,27). The molecule has 0 saturated heterocycles. The van der Waals surface area contributed by atoms with Gasteiger partial charge in [0.25, 0.3) is 0 Å². The smallest absolute Gasteiger partial charge is 0.219 e. The Hall–Kier alpha value is -2.53. The number of nitrogens with one attached hydrogen (secondary N) is 1. The molecule has 0 radical (unpaired) electrons. The topological polar surface area (TPSA) is 54.5 Å². The maximum atomic E-state index is 11.9. The van der Waals surface area contributed by atoms with E-state index in [2.05, 4.69) is 5.32 Å². The van der Waals surface area contributed by atoms with Gasteiger partial charge in [-0.25, -0.2) is 4.98 Å². The van der Waals surface area contributed by atoms with E-state index in [1.807, 2.05) is 41.3 Å². The van der Waals surface area contributed by atoms with Crippen LogP contribution in [0.15, 0.2) is 36.4 Å². The number of carbonyl (C=O) groups is 1. The van der Waals surface area contributed by atoms with Crippen LogP contribution in [-0.4, -0.2) is 42.5 Å². The fraction of sp³-hybridized carbons (Fsp3) is 0.417. The van der Waals surface area contributed by atoms with E-state index in [4.69, 9.17) is 21.3 Å². The van der Waals surface area contributed by atoms with Gasteiger partial charge in [-0.1, -0.05) is 11.6 Å². The second kappa shape index (κ2) is 9.09. The number of amides is 1. The largest absolute Gasteiger partial charge is 0.497 e. The van der Waals surface area contributed by atoms with E-state index in [1.54, 1.807) is 14.0 Å². The zero-order chi connectivity index (χ0) is 21.1. The average molecular weight is 426 g/mol. The van der Waals surface area contributed by atoms with Crippen molar-refractivity contribution in [2.45, 2.75) is 32.6 Å². The van der Waals surface area contributed by atoms with Gasteiger partial charge in [0, 0.05) is 42.4 Å². The molecule has 1 fully saturated rings. The first-order chi connectivity index (χ1) is 14.5. The SMILES string of the molecule is COc1ccc2nc3cc(Cl)ccc3c(NCCCCN(CC3CC3)C(C)=O)c2c1. The van der Waals surface area contributed by atoms with Gasteiger partial charge in [-0.3, -0.25) is 4.79 Å². The van der Waals surface area contributed by atoms with Gasteiger partial charge < -0.3 is 15.0 Å². The van der Waals surface area contributed by atoms with Crippen LogP contribution in [0.1, 0.15) is 32.6 Å². The van der Waals surface area contributed by atoms with Crippen LogP contribution in [0.5, 0.6) is 5.75 Å². The zero-order valence-electron chi connectivity index (χ0n) is 17.6. The van der Waals surface area contributed by atoms with Crippen molar-refractivity contribution in [2.24, 2.45) is 5.92 Å². The number of fused-ring (bicyclic) bond motifs is 2. The number of nitrogens with zero attached hydrogens (tertiary/aromatic N) is 2. The Morgan fingerprint density at radius 3 is 2.73 bits per heavy atom. The van der Waals surface area contributed by atoms with Crippen molar-refractivity contribution >= 4 is 45.0 Å². The van der Waals surface area contributed by atoms with Gasteiger partial charge >= 0.3 is 0 Å². The highest BCUT2D eigenvalue weighted by molar-refractivity contribution is 6.31. The maximum absolute atomic E-state index is 11.9. The molecule has 1 amide bonds. The summed E-state index contributed by atoms with van der Waals surface area (Å²) in [5.74, 6) is 1.71. The number of anilines is 1. The maximum Gasteiger partial charge on any atom is 0.219 e. The van der Waals surface area contributed by atoms with Crippen LogP contribution in [0.3, 0.4) is 0 Å². The Labute approximate surface area is 182 Å². The Balaban J connectivity index is 1.49. The molecule has 0 atom stereocenters. The van der Waals surface area contributed by atoms with Gasteiger partial charge in [0.05, 0.1) is 23.8 Å². The Morgan fingerprint density at radius 2 is 2.00 bits per heavy atom. The minimum atomic E-state index is 0.185. The second-order valence-corrected chi connectivity index (χ2v) is 8.51. The lowest BCUT2D eigenvalue weighted by atomic mass is 10.1. The lowest BCUT2D eigenvalue weighted by Gasteiger charge is -2.21. The Morgan fingerprint density at radius 1 is 1.17 bits per heavy atom. The number of aromatic nitrogens is 1. The van der Waals surface area contributed by atoms with Crippen molar-refractivity contribution in [3.8, 4) is 5.75 Å². The number of unbranched alkanes of at least 4 members (excludes halogenated alkanes) is 1. The molecular weight excluding hydrogens is 398 g/mol. The van der Waals surface area contributed by atoms with Crippen LogP contribution in [-0.2, 0) is 4.79 Å². The molecule has 0 spiro atoms. The normalized spacial score (nSPS) is 13.6. The highest BCUT2D eigenvalue weighted by atomic mass is 35.5. The number of pyridine rings is 1. The van der Waals surface area contributed by atoms with Gasteiger partial charge in [0.2, 0.25) is 5.91 Å². The first kappa shape index (κ1) is 20.7. The molecule has 1 saturated carbocycles. The second-order valence-electron chi connectivity index (χ2n) is 8.07. The molecule has 3 aromatic rings. The summed E-state index contributed by atoms with van der Waals surface area (Å²) < 4.78 is 5.42. The summed E-state index contributed by atoms with van der Waals surface area (Å²) in [5, 5.41) is 6.36. The lowest BCUT2D eigenvalue weighted by Crippen LogP contribution is -2.31. The minimum Gasteiger partial charge on any atom is -0.497 e. The predicted molar refractivity (Wildman–Crippen MR) is 124 cm³/mol. The number of hydrogen-bond donors (Lipinski definition) is 1. The minimum absolute atomic E-state index is 0.185. The third kappa shape index (κ3) is 4.78. The molecular formula is C24H28ClN3O2. The number of benzene rings is 2. The molecule has 1 aliphatic carbocycles. The van der Waals surface area contributed by atoms with Gasteiger partial charge in [-0.2, -0.15) is 0 Å². The van der Waals surface area contributed by atoms with Crippen LogP contribution in [0, 0.1) is 5.92 Å². The van der Waals surface area contributed by atoms with Crippen LogP contribution >= 0.6 is 11.6 Å². The van der Waals surface area contributed by atoms with E-state index in [1.165, 1.54) is 12.8 Å². The first-order valence-electron chi connectivity index (χ1n) is 10.6. The molecule has 1 aliphatic rings. The van der Waals surface area contributed by atoms with Crippen molar-refractivity contribution < 1.29 is 9.53 Å². The average Bonchev–Trinajstić information content (AvgIpc) is 3.55. The van der Waals surface area contributed by atoms with Gasteiger partial charge in [-0.05, 0) is 68.0 Å². The molecule has 1 N–H and O–H groups in total. The fourth-order valence-electron chi connectivity index (χ4n) is 3.84. The van der Waals surface area contributed by atoms with Crippen molar-refractivity contribution in [2.75, 3.05) is 32.1 Å². The zero-order valence-corrected chi connectivity index (χ0v) is 18.3. The van der Waals surface area contributed by atoms with Crippen molar-refractivity contribution in [1.29, 1.82) is 0 Å². The van der Waals surface area contributed by atoms with E-state index in [-0.39, 0.29) is 5.91 Å². The van der Waals surface area contributed by atoms with E-state index < -0.39 is 0 Å². The molecule has 158 valence electrons. The van der Waals surface area contributed by atoms with Gasteiger partial charge in [-0.15, -0.1) is 0 Å². The van der Waals surface area contributed by atoms with Crippen LogP contribution < -0.4 is 10.1 Å². The van der Waals surface area contributed by atoms with E-state index >= 15 is 0 Å². The summed E-state index contributed by atoms with van der Waals surface area (Å²) in [6.45, 7) is 4.25. The van der Waals surface area contributed by atoms with Crippen molar-refractivity contribution in [3.63, 3.8) is 0 Å². The molecule has 1 heterocycles. The highest BCUT2D eigenvalue weighted by Gasteiger charge is 2.25. The van der Waals surface area contributed by atoms with Crippen LogP contribution in [0.2, 0.25) is 5.02 Å². The molecule has 6 heteroatoms. The number of ether oxygens (including phenoxy) is 1. The molecule has 4 rings (SSSR count). The van der Waals surface area contributed by atoms with Gasteiger partial charge in [0.15, 0.2) is 0 Å². The van der Waals surface area contributed by atoms with Crippen LogP contribution in [0.25, 0.3) is 21.8 Å². The number of carbonyl (C=O) groups excluding carboxylic acids is 1. The fourth-order valence-corrected chi connectivity index (χ4v) is 4.01. The van der Waals surface area contributed by atoms with E-state index in [0.717, 1.165) is 71.6 Å². The van der Waals surface area contributed by atoms with Crippen molar-refractivity contribution in [1.82, 2.24) is 9.88 Å². The lowest BCUT2D eigenvalue weighted by molar-refractivity contribution is -0.129. The molecule has 0 bridgehead atoms.